The fourth-order valence-electron chi connectivity index (χ4n) is 2.40. The van der Waals surface area contributed by atoms with Gasteiger partial charge in [0.2, 0.25) is 5.91 Å². The summed E-state index contributed by atoms with van der Waals surface area (Å²) < 4.78 is 0. The van der Waals surface area contributed by atoms with Gasteiger partial charge in [-0.1, -0.05) is 12.5 Å². The van der Waals surface area contributed by atoms with Crippen LogP contribution in [-0.4, -0.2) is 18.4 Å². The van der Waals surface area contributed by atoms with Gasteiger partial charge in [-0.15, -0.1) is 0 Å². The van der Waals surface area contributed by atoms with Crippen molar-refractivity contribution in [2.45, 2.75) is 25.7 Å². The van der Waals surface area contributed by atoms with Gasteiger partial charge < -0.3 is 10.6 Å². The van der Waals surface area contributed by atoms with Crippen LogP contribution < -0.4 is 10.6 Å². The maximum Gasteiger partial charge on any atom is 0.251 e. The van der Waals surface area contributed by atoms with E-state index in [9.17, 15) is 9.59 Å². The molecule has 2 amide bonds. The zero-order valence-corrected chi connectivity index (χ0v) is 10.2. The maximum absolute atomic E-state index is 11.8. The largest absolute Gasteiger partial charge is 0.352 e. The molecule has 4 nitrogen and oxygen atoms in total. The third-order valence-electron chi connectivity index (χ3n) is 3.78. The zero-order chi connectivity index (χ0) is 12.5. The molecule has 0 atom stereocenters. The fraction of sp³-hybridized carbons (Fsp3) is 0.429. The van der Waals surface area contributed by atoms with Crippen LogP contribution in [0.5, 0.6) is 0 Å². The van der Waals surface area contributed by atoms with E-state index in [0.29, 0.717) is 12.1 Å². The molecule has 1 aliphatic heterocycles. The van der Waals surface area contributed by atoms with Crippen LogP contribution >= 0.6 is 0 Å². The van der Waals surface area contributed by atoms with Crippen LogP contribution in [0.1, 0.15) is 35.2 Å². The number of anilines is 1. The molecule has 1 aromatic carbocycles. The minimum absolute atomic E-state index is 0.0454. The van der Waals surface area contributed by atoms with Crippen molar-refractivity contribution in [1.29, 1.82) is 0 Å². The smallest absolute Gasteiger partial charge is 0.251 e. The summed E-state index contributed by atoms with van der Waals surface area (Å²) in [4.78, 5) is 23.5. The normalized spacial score (nSPS) is 18.6. The third-order valence-corrected chi connectivity index (χ3v) is 3.78. The number of rotatable bonds is 2. The van der Waals surface area contributed by atoms with E-state index in [2.05, 4.69) is 10.6 Å². The van der Waals surface area contributed by atoms with Crippen LogP contribution in [0.4, 0.5) is 5.69 Å². The second-order valence-corrected chi connectivity index (χ2v) is 4.99. The number of fused-ring (bicyclic) bond motifs is 1. The van der Waals surface area contributed by atoms with Gasteiger partial charge in [-0.25, -0.2) is 0 Å². The lowest BCUT2D eigenvalue weighted by Crippen LogP contribution is -2.32. The molecule has 1 fully saturated rings. The highest BCUT2D eigenvalue weighted by molar-refractivity contribution is 5.99. The first-order chi connectivity index (χ1) is 8.74. The van der Waals surface area contributed by atoms with Gasteiger partial charge in [0, 0.05) is 23.7 Å². The molecule has 0 radical (unpaired) electrons. The Hall–Kier alpha value is -1.84. The topological polar surface area (TPSA) is 58.2 Å². The van der Waals surface area contributed by atoms with Crippen molar-refractivity contribution in [1.82, 2.24) is 5.32 Å². The van der Waals surface area contributed by atoms with E-state index in [1.165, 1.54) is 0 Å². The number of carbonyl (C=O) groups excluding carboxylic acids is 2. The van der Waals surface area contributed by atoms with Gasteiger partial charge >= 0.3 is 0 Å². The Kier molecular flexibility index (Phi) is 2.78. The van der Waals surface area contributed by atoms with Crippen LogP contribution in [0, 0.1) is 5.92 Å². The summed E-state index contributed by atoms with van der Waals surface area (Å²) in [5.74, 6) is 0.197. The lowest BCUT2D eigenvalue weighted by atomic mass is 9.85. The van der Waals surface area contributed by atoms with E-state index < -0.39 is 0 Å². The van der Waals surface area contributed by atoms with Crippen molar-refractivity contribution < 1.29 is 9.59 Å². The lowest BCUT2D eigenvalue weighted by Gasteiger charge is -2.24. The molecule has 0 spiro atoms. The number of hydrogen-bond donors (Lipinski definition) is 2. The summed E-state index contributed by atoms with van der Waals surface area (Å²) >= 11 is 0. The van der Waals surface area contributed by atoms with E-state index in [0.717, 1.165) is 36.9 Å². The molecule has 0 bridgehead atoms. The van der Waals surface area contributed by atoms with Gasteiger partial charge in [-0.3, -0.25) is 9.59 Å². The Morgan fingerprint density at radius 3 is 2.89 bits per heavy atom. The number of nitrogens with one attached hydrogen (secondary N) is 2. The first kappa shape index (κ1) is 11.3. The van der Waals surface area contributed by atoms with E-state index in [1.807, 2.05) is 12.1 Å². The molecular formula is C14H16N2O2. The predicted octanol–water partition coefficient (Wildman–Crippen LogP) is 1.71. The highest BCUT2D eigenvalue weighted by Crippen LogP contribution is 2.28. The fourth-order valence-corrected chi connectivity index (χ4v) is 2.40. The average molecular weight is 244 g/mol. The van der Waals surface area contributed by atoms with Crippen molar-refractivity contribution >= 4 is 17.5 Å². The molecule has 3 rings (SSSR count). The van der Waals surface area contributed by atoms with Crippen molar-refractivity contribution in [3.05, 3.63) is 29.3 Å². The van der Waals surface area contributed by atoms with Gasteiger partial charge in [0.15, 0.2) is 0 Å². The Bertz CT molecular complexity index is 507. The molecule has 1 saturated carbocycles. The van der Waals surface area contributed by atoms with Crippen LogP contribution in [-0.2, 0) is 11.2 Å². The van der Waals surface area contributed by atoms with E-state index in [4.69, 9.17) is 0 Å². The number of benzene rings is 1. The van der Waals surface area contributed by atoms with Crippen molar-refractivity contribution in [2.24, 2.45) is 5.92 Å². The van der Waals surface area contributed by atoms with Crippen molar-refractivity contribution in [2.75, 3.05) is 11.9 Å². The summed E-state index contributed by atoms with van der Waals surface area (Å²) in [5, 5.41) is 5.71. The summed E-state index contributed by atoms with van der Waals surface area (Å²) in [6.07, 6.45) is 3.97. The van der Waals surface area contributed by atoms with Gasteiger partial charge in [0.05, 0.1) is 0 Å². The molecule has 18 heavy (non-hydrogen) atoms. The Morgan fingerprint density at radius 2 is 2.17 bits per heavy atom. The molecule has 94 valence electrons. The molecule has 0 aromatic heterocycles. The molecule has 2 N–H and O–H groups in total. The van der Waals surface area contributed by atoms with Crippen LogP contribution in [0.3, 0.4) is 0 Å². The molecule has 2 aliphatic rings. The maximum atomic E-state index is 11.8. The van der Waals surface area contributed by atoms with Crippen molar-refractivity contribution in [3.63, 3.8) is 0 Å². The van der Waals surface area contributed by atoms with E-state index in [1.54, 1.807) is 6.07 Å². The minimum atomic E-state index is -0.0454. The first-order valence-electron chi connectivity index (χ1n) is 6.46. The van der Waals surface area contributed by atoms with Gasteiger partial charge in [0.1, 0.15) is 0 Å². The summed E-state index contributed by atoms with van der Waals surface area (Å²) in [7, 11) is 0. The number of carbonyl (C=O) groups is 2. The predicted molar refractivity (Wildman–Crippen MR) is 68.4 cm³/mol. The van der Waals surface area contributed by atoms with Gasteiger partial charge in [0.25, 0.3) is 5.91 Å². The van der Waals surface area contributed by atoms with Crippen molar-refractivity contribution in [3.8, 4) is 0 Å². The monoisotopic (exact) mass is 244 g/mol. The van der Waals surface area contributed by atoms with Crippen LogP contribution in [0.15, 0.2) is 18.2 Å². The highest BCUT2D eigenvalue weighted by Gasteiger charge is 2.25. The Labute approximate surface area is 106 Å². The van der Waals surface area contributed by atoms with Gasteiger partial charge in [-0.2, -0.15) is 0 Å². The molecule has 0 saturated heterocycles. The van der Waals surface area contributed by atoms with E-state index in [-0.39, 0.29) is 17.7 Å². The first-order valence-corrected chi connectivity index (χ1v) is 6.46. The second-order valence-electron chi connectivity index (χ2n) is 4.99. The van der Waals surface area contributed by atoms with E-state index >= 15 is 0 Å². The molecule has 1 aliphatic carbocycles. The molecule has 1 aromatic rings. The SMILES string of the molecule is O=C1NCCc2ccc(NC(=O)C3CCC3)cc21. The Balaban J connectivity index is 1.78. The zero-order valence-electron chi connectivity index (χ0n) is 10.2. The molecule has 1 heterocycles. The van der Waals surface area contributed by atoms with Crippen LogP contribution in [0.2, 0.25) is 0 Å². The summed E-state index contributed by atoms with van der Waals surface area (Å²) in [5.41, 5.74) is 2.47. The number of amides is 2. The van der Waals surface area contributed by atoms with Gasteiger partial charge in [-0.05, 0) is 37.0 Å². The molecule has 4 heteroatoms. The summed E-state index contributed by atoms with van der Waals surface area (Å²) in [6, 6.07) is 5.60. The third kappa shape index (κ3) is 1.98. The quantitative estimate of drug-likeness (QED) is 0.832. The summed E-state index contributed by atoms with van der Waals surface area (Å²) in [6.45, 7) is 0.694. The molecular weight excluding hydrogens is 228 g/mol. The Morgan fingerprint density at radius 1 is 1.33 bits per heavy atom. The second kappa shape index (κ2) is 4.44. The minimum Gasteiger partial charge on any atom is -0.352 e. The average Bonchev–Trinajstić information content (AvgIpc) is 2.28. The standard InChI is InChI=1S/C14H16N2O2/c17-13(10-2-1-3-10)16-11-5-4-9-6-7-15-14(18)12(9)8-11/h4-5,8,10H,1-3,6-7H2,(H,15,18)(H,16,17). The highest BCUT2D eigenvalue weighted by atomic mass is 16.2. The molecule has 0 unspecified atom stereocenters. The number of hydrogen-bond acceptors (Lipinski definition) is 2. The van der Waals surface area contributed by atoms with Crippen LogP contribution in [0.25, 0.3) is 0 Å². The lowest BCUT2D eigenvalue weighted by molar-refractivity contribution is -0.122.